The molecule has 15 heteroatoms. The second-order valence-electron chi connectivity index (χ2n) is 15.2. The summed E-state index contributed by atoms with van der Waals surface area (Å²) >= 11 is 1.41. The van der Waals surface area contributed by atoms with Crippen LogP contribution in [0.4, 0.5) is 0 Å². The van der Waals surface area contributed by atoms with E-state index < -0.39 is 53.6 Å². The fourth-order valence-electron chi connectivity index (χ4n) is 9.45. The molecule has 5 heterocycles. The number of carbonyl (C=O) groups is 2. The molecule has 2 unspecified atom stereocenters. The van der Waals surface area contributed by atoms with Crippen LogP contribution in [0.25, 0.3) is 0 Å². The molecular formula is C40H47N3O11S. The number of benzene rings is 3. The predicted octanol–water partition coefficient (Wildman–Crippen LogP) is 3.23. The standard InChI is InChI=1S/C40H47N3O11S/c1-17-9-22-11-25-38(48)42-30(31(43(25)5)28(22)32(47)33(17)50-6)37-29-27(36-35(52-16-53-36)19(3)34(29)54-20(4)45)18(2)14-51-39(49)40(15-55-37)24-10-23(13-44)26(46)12-21(24)7-8-41-40/h9-10,12,18,25,30-31,37-38,41-42,44,46-48H,7-8,11,13-16H2,1-6H3/t18-,25?,30+,31?,37+,38-,40-/m0/s1. The van der Waals surface area contributed by atoms with Crippen molar-refractivity contribution in [1.82, 2.24) is 15.5 Å². The van der Waals surface area contributed by atoms with E-state index in [-0.39, 0.29) is 48.0 Å². The summed E-state index contributed by atoms with van der Waals surface area (Å²) in [6.45, 7) is 6.76. The number of thioether (sulfide) groups is 1. The number of carbonyl (C=O) groups excluding carboxylic acids is 2. The lowest BCUT2D eigenvalue weighted by Gasteiger charge is -2.54. The molecule has 14 nitrogen and oxygen atoms in total. The van der Waals surface area contributed by atoms with Crippen molar-refractivity contribution in [1.29, 1.82) is 0 Å². The predicted molar refractivity (Wildman–Crippen MR) is 201 cm³/mol. The molecule has 8 rings (SSSR count). The zero-order valence-electron chi connectivity index (χ0n) is 31.6. The van der Waals surface area contributed by atoms with Crippen LogP contribution in [0.15, 0.2) is 18.2 Å². The minimum Gasteiger partial charge on any atom is -0.508 e. The summed E-state index contributed by atoms with van der Waals surface area (Å²) in [5.41, 5.74) is 4.30. The van der Waals surface area contributed by atoms with Crippen LogP contribution in [0.1, 0.15) is 81.1 Å². The number of ether oxygens (including phenoxy) is 5. The molecule has 6 N–H and O–H groups in total. The Morgan fingerprint density at radius 1 is 1.07 bits per heavy atom. The number of phenolic OH excluding ortho intramolecular Hbond substituents is 1. The van der Waals surface area contributed by atoms with Gasteiger partial charge in [-0.3, -0.25) is 20.3 Å². The van der Waals surface area contributed by atoms with Gasteiger partial charge in [0.15, 0.2) is 28.5 Å². The van der Waals surface area contributed by atoms with Gasteiger partial charge in [-0.2, -0.15) is 0 Å². The first-order chi connectivity index (χ1) is 26.3. The van der Waals surface area contributed by atoms with Crippen molar-refractivity contribution < 1.29 is 53.7 Å². The van der Waals surface area contributed by atoms with Crippen molar-refractivity contribution in [2.75, 3.05) is 39.9 Å². The third-order valence-corrected chi connectivity index (χ3v) is 13.5. The van der Waals surface area contributed by atoms with Crippen molar-refractivity contribution in [2.24, 2.45) is 0 Å². The molecule has 1 spiro atoms. The van der Waals surface area contributed by atoms with Crippen molar-refractivity contribution in [3.63, 3.8) is 0 Å². The van der Waals surface area contributed by atoms with Crippen LogP contribution in [0, 0.1) is 13.8 Å². The number of hydrogen-bond donors (Lipinski definition) is 6. The number of methoxy groups -OCH3 is 1. The Balaban J connectivity index is 1.40. The van der Waals surface area contributed by atoms with Gasteiger partial charge in [-0.15, -0.1) is 11.8 Å². The van der Waals surface area contributed by atoms with Crippen molar-refractivity contribution in [3.8, 4) is 34.5 Å². The fourth-order valence-corrected chi connectivity index (χ4v) is 11.1. The molecule has 0 amide bonds. The number of fused-ring (bicyclic) bond motifs is 9. The SMILES string of the molecule is COc1c(C)cc2c(c1O)C1[C@H]([C@@H]3SC[C@@]4(NCCc5cc(O)c(CO)cc54)C(=O)OC[C@H](C)c4c5c(c(C)c(OC(C)=O)c43)OCO5)N[C@@H](O)C(C2)N1C. The number of rotatable bonds is 4. The maximum absolute atomic E-state index is 14.6. The number of aliphatic hydroxyl groups excluding tert-OH is 2. The van der Waals surface area contributed by atoms with Gasteiger partial charge in [0.1, 0.15) is 17.7 Å². The number of cyclic esters (lactones) is 1. The van der Waals surface area contributed by atoms with Crippen LogP contribution < -0.4 is 29.6 Å². The van der Waals surface area contributed by atoms with Gasteiger partial charge < -0.3 is 44.1 Å². The second kappa shape index (κ2) is 14.0. The molecule has 55 heavy (non-hydrogen) atoms. The van der Waals surface area contributed by atoms with E-state index >= 15 is 0 Å². The molecule has 5 aliphatic rings. The van der Waals surface area contributed by atoms with E-state index in [1.165, 1.54) is 25.8 Å². The summed E-state index contributed by atoms with van der Waals surface area (Å²) in [6.07, 6.45) is -0.00660. The highest BCUT2D eigenvalue weighted by Gasteiger charge is 2.54. The van der Waals surface area contributed by atoms with E-state index in [4.69, 9.17) is 23.7 Å². The Bertz CT molecular complexity index is 2090. The highest BCUT2D eigenvalue weighted by molar-refractivity contribution is 7.99. The molecule has 5 aliphatic heterocycles. The van der Waals surface area contributed by atoms with E-state index in [9.17, 15) is 30.0 Å². The molecule has 0 aliphatic carbocycles. The third-order valence-electron chi connectivity index (χ3n) is 12.0. The number of phenols is 2. The van der Waals surface area contributed by atoms with Crippen LogP contribution in [0.5, 0.6) is 34.5 Å². The summed E-state index contributed by atoms with van der Waals surface area (Å²) in [7, 11) is 3.44. The van der Waals surface area contributed by atoms with Gasteiger partial charge in [-0.05, 0) is 68.1 Å². The highest BCUT2D eigenvalue weighted by atomic mass is 32.2. The van der Waals surface area contributed by atoms with E-state index in [0.29, 0.717) is 64.5 Å². The summed E-state index contributed by atoms with van der Waals surface area (Å²) in [5, 5.41) is 51.0. The minimum atomic E-state index is -1.42. The van der Waals surface area contributed by atoms with Gasteiger partial charge in [-0.1, -0.05) is 13.0 Å². The maximum Gasteiger partial charge on any atom is 0.331 e. The first kappa shape index (κ1) is 37.7. The Labute approximate surface area is 323 Å². The monoisotopic (exact) mass is 777 g/mol. The zero-order chi connectivity index (χ0) is 39.1. The Hall–Kier alpha value is -4.25. The van der Waals surface area contributed by atoms with Gasteiger partial charge in [0.2, 0.25) is 6.79 Å². The Morgan fingerprint density at radius 2 is 1.84 bits per heavy atom. The molecule has 3 aromatic carbocycles. The fraction of sp³-hybridized carbons (Fsp3) is 0.500. The average Bonchev–Trinajstić information content (AvgIpc) is 3.63. The molecule has 294 valence electrons. The smallest absolute Gasteiger partial charge is 0.331 e. The Morgan fingerprint density at radius 3 is 2.56 bits per heavy atom. The van der Waals surface area contributed by atoms with Crippen molar-refractivity contribution in [2.45, 2.75) is 88.2 Å². The summed E-state index contributed by atoms with van der Waals surface area (Å²) in [5.74, 6) is -0.0120. The molecule has 1 saturated heterocycles. The van der Waals surface area contributed by atoms with Crippen LogP contribution in [0.3, 0.4) is 0 Å². The average molecular weight is 778 g/mol. The molecule has 2 bridgehead atoms. The first-order valence-corrected chi connectivity index (χ1v) is 19.6. The largest absolute Gasteiger partial charge is 0.508 e. The number of nitrogens with zero attached hydrogens (tertiary/aromatic N) is 1. The van der Waals surface area contributed by atoms with Gasteiger partial charge in [0.25, 0.3) is 0 Å². The van der Waals surface area contributed by atoms with Crippen molar-refractivity contribution >= 4 is 23.7 Å². The van der Waals surface area contributed by atoms with E-state index in [1.807, 2.05) is 27.0 Å². The number of nitrogens with one attached hydrogen (secondary N) is 2. The van der Waals surface area contributed by atoms with Crippen LogP contribution in [0.2, 0.25) is 0 Å². The molecule has 7 atom stereocenters. The molecular weight excluding hydrogens is 731 g/mol. The summed E-state index contributed by atoms with van der Waals surface area (Å²) in [4.78, 5) is 29.7. The number of hydrogen-bond acceptors (Lipinski definition) is 15. The van der Waals surface area contributed by atoms with Gasteiger partial charge >= 0.3 is 11.9 Å². The number of likely N-dealkylation sites (N-methyl/N-ethyl adjacent to an activating group) is 1. The summed E-state index contributed by atoms with van der Waals surface area (Å²) < 4.78 is 30.1. The number of aryl methyl sites for hydroxylation is 1. The lowest BCUT2D eigenvalue weighted by Crippen LogP contribution is -2.66. The summed E-state index contributed by atoms with van der Waals surface area (Å²) in [6, 6.07) is 3.70. The maximum atomic E-state index is 14.6. The number of aromatic hydroxyl groups is 2. The number of aliphatic hydroxyl groups is 2. The normalized spacial score (nSPS) is 28.5. The number of esters is 2. The van der Waals surface area contributed by atoms with Crippen LogP contribution in [-0.2, 0) is 39.3 Å². The molecule has 0 saturated carbocycles. The first-order valence-electron chi connectivity index (χ1n) is 18.5. The number of piperazine rings is 1. The van der Waals surface area contributed by atoms with Crippen LogP contribution in [-0.4, -0.2) is 95.4 Å². The molecule has 1 fully saturated rings. The molecule has 3 aromatic rings. The van der Waals surface area contributed by atoms with Gasteiger partial charge in [-0.25, -0.2) is 4.79 Å². The van der Waals surface area contributed by atoms with Gasteiger partial charge in [0, 0.05) is 59.0 Å². The lowest BCUT2D eigenvalue weighted by molar-refractivity contribution is -0.152. The third kappa shape index (κ3) is 5.81. The van der Waals surface area contributed by atoms with Crippen LogP contribution >= 0.6 is 11.8 Å². The highest BCUT2D eigenvalue weighted by Crippen LogP contribution is 2.59. The van der Waals surface area contributed by atoms with E-state index in [0.717, 1.165) is 16.7 Å². The second-order valence-corrected chi connectivity index (χ2v) is 16.3. The zero-order valence-corrected chi connectivity index (χ0v) is 32.5. The van der Waals surface area contributed by atoms with Crippen molar-refractivity contribution in [3.05, 3.63) is 68.3 Å². The van der Waals surface area contributed by atoms with E-state index in [2.05, 4.69) is 15.5 Å². The molecule has 0 aromatic heterocycles. The lowest BCUT2D eigenvalue weighted by atomic mass is 9.77. The minimum absolute atomic E-state index is 0.00999. The topological polar surface area (TPSA) is 189 Å². The van der Waals surface area contributed by atoms with Gasteiger partial charge in [0.05, 0.1) is 37.7 Å². The molecule has 0 radical (unpaired) electrons. The Kier molecular flexibility index (Phi) is 9.62. The van der Waals surface area contributed by atoms with E-state index in [1.54, 1.807) is 19.1 Å². The quantitative estimate of drug-likeness (QED) is 0.167.